The van der Waals surface area contributed by atoms with Crippen LogP contribution in [0.4, 0.5) is 14.5 Å². The van der Waals surface area contributed by atoms with Gasteiger partial charge in [-0.25, -0.2) is 0 Å². The molecule has 2 rings (SSSR count). The van der Waals surface area contributed by atoms with Crippen LogP contribution in [0.3, 0.4) is 0 Å². The highest BCUT2D eigenvalue weighted by Gasteiger charge is 2.09. The van der Waals surface area contributed by atoms with E-state index in [0.717, 1.165) is 4.88 Å². The molecular formula is C13H10F2N2OS. The molecule has 0 spiro atoms. The predicted octanol–water partition coefficient (Wildman–Crippen LogP) is 3.83. The summed E-state index contributed by atoms with van der Waals surface area (Å²) in [7, 11) is 0. The Morgan fingerprint density at radius 3 is 2.74 bits per heavy atom. The van der Waals surface area contributed by atoms with Crippen LogP contribution in [0.25, 0.3) is 0 Å². The topological polar surface area (TPSA) is 45.0 Å². The van der Waals surface area contributed by atoms with Crippen molar-refractivity contribution >= 4 is 17.0 Å². The number of hydrogen-bond donors (Lipinski definition) is 1. The minimum absolute atomic E-state index is 0.106. The van der Waals surface area contributed by atoms with Crippen LogP contribution in [0.1, 0.15) is 9.75 Å². The summed E-state index contributed by atoms with van der Waals surface area (Å²) in [6, 6.07) is 12.1. The summed E-state index contributed by atoms with van der Waals surface area (Å²) in [6.45, 7) is -2.40. The highest BCUT2D eigenvalue weighted by atomic mass is 32.1. The van der Waals surface area contributed by atoms with E-state index in [4.69, 9.17) is 5.26 Å². The first-order valence-electron chi connectivity index (χ1n) is 5.45. The fourth-order valence-corrected chi connectivity index (χ4v) is 2.27. The van der Waals surface area contributed by atoms with Crippen molar-refractivity contribution in [2.45, 2.75) is 13.2 Å². The second kappa shape index (κ2) is 6.16. The van der Waals surface area contributed by atoms with Crippen molar-refractivity contribution in [3.8, 4) is 11.8 Å². The highest BCUT2D eigenvalue weighted by Crippen LogP contribution is 2.26. The highest BCUT2D eigenvalue weighted by molar-refractivity contribution is 7.12. The Hall–Kier alpha value is -2.13. The first-order chi connectivity index (χ1) is 9.19. The van der Waals surface area contributed by atoms with E-state index in [2.05, 4.69) is 10.1 Å². The van der Waals surface area contributed by atoms with E-state index in [9.17, 15) is 8.78 Å². The average Bonchev–Trinajstić information content (AvgIpc) is 2.85. The summed E-state index contributed by atoms with van der Waals surface area (Å²) in [5, 5.41) is 11.7. The van der Waals surface area contributed by atoms with E-state index in [0.29, 0.717) is 17.1 Å². The number of nitrogens with one attached hydrogen (secondary N) is 1. The number of ether oxygens (including phenoxy) is 1. The van der Waals surface area contributed by atoms with Gasteiger partial charge in [-0.1, -0.05) is 12.1 Å². The molecule has 1 N–H and O–H groups in total. The Bertz CT molecular complexity index is 592. The van der Waals surface area contributed by atoms with Crippen molar-refractivity contribution in [1.82, 2.24) is 0 Å². The van der Waals surface area contributed by atoms with Gasteiger partial charge in [0, 0.05) is 11.4 Å². The zero-order chi connectivity index (χ0) is 13.7. The molecule has 0 fully saturated rings. The smallest absolute Gasteiger partial charge is 0.387 e. The summed E-state index contributed by atoms with van der Waals surface area (Å²) in [5.74, 6) is 0.106. The summed E-state index contributed by atoms with van der Waals surface area (Å²) in [5.41, 5.74) is 0.495. The van der Waals surface area contributed by atoms with E-state index in [-0.39, 0.29) is 5.75 Å². The molecule has 0 aliphatic rings. The lowest BCUT2D eigenvalue weighted by Gasteiger charge is -2.11. The van der Waals surface area contributed by atoms with E-state index in [1.807, 2.05) is 12.1 Å². The number of benzene rings is 1. The Morgan fingerprint density at radius 1 is 1.26 bits per heavy atom. The minimum Gasteiger partial charge on any atom is -0.433 e. The van der Waals surface area contributed by atoms with Gasteiger partial charge < -0.3 is 10.1 Å². The fourth-order valence-electron chi connectivity index (χ4n) is 1.53. The van der Waals surface area contributed by atoms with E-state index in [1.54, 1.807) is 24.3 Å². The molecule has 19 heavy (non-hydrogen) atoms. The quantitative estimate of drug-likeness (QED) is 0.905. The first kappa shape index (κ1) is 13.3. The molecule has 0 bridgehead atoms. The van der Waals surface area contributed by atoms with Gasteiger partial charge >= 0.3 is 6.61 Å². The predicted molar refractivity (Wildman–Crippen MR) is 69.4 cm³/mol. The number of halogens is 2. The molecule has 0 radical (unpaired) electrons. The standard InChI is InChI=1S/C13H10F2N2OS/c14-13(15)18-12-4-2-1-3-11(12)17-8-10-6-5-9(7-16)19-10/h1-6,13,17H,8H2. The van der Waals surface area contributed by atoms with Crippen LogP contribution in [0.2, 0.25) is 0 Å². The first-order valence-corrected chi connectivity index (χ1v) is 6.27. The van der Waals surface area contributed by atoms with Crippen LogP contribution in [-0.4, -0.2) is 6.61 Å². The van der Waals surface area contributed by atoms with Gasteiger partial charge in [0.1, 0.15) is 16.7 Å². The van der Waals surface area contributed by atoms with E-state index >= 15 is 0 Å². The molecule has 2 aromatic rings. The van der Waals surface area contributed by atoms with Gasteiger partial charge in [-0.05, 0) is 24.3 Å². The Labute approximate surface area is 113 Å². The molecule has 0 saturated heterocycles. The number of nitrogens with zero attached hydrogens (tertiary/aromatic N) is 1. The number of anilines is 1. The third-order valence-corrected chi connectivity index (χ3v) is 3.32. The molecule has 1 aromatic heterocycles. The van der Waals surface area contributed by atoms with Crippen molar-refractivity contribution in [2.24, 2.45) is 0 Å². The molecule has 1 heterocycles. The number of hydrogen-bond acceptors (Lipinski definition) is 4. The van der Waals surface area contributed by atoms with Crippen LogP contribution >= 0.6 is 11.3 Å². The number of rotatable bonds is 5. The molecule has 3 nitrogen and oxygen atoms in total. The lowest BCUT2D eigenvalue weighted by atomic mass is 10.3. The normalized spacial score (nSPS) is 10.2. The Balaban J connectivity index is 2.05. The van der Waals surface area contributed by atoms with Crippen molar-refractivity contribution in [2.75, 3.05) is 5.32 Å². The van der Waals surface area contributed by atoms with Crippen molar-refractivity contribution in [3.63, 3.8) is 0 Å². The third kappa shape index (κ3) is 3.66. The van der Waals surface area contributed by atoms with Gasteiger partial charge in [-0.2, -0.15) is 14.0 Å². The van der Waals surface area contributed by atoms with Gasteiger partial charge in [-0.3, -0.25) is 0 Å². The fraction of sp³-hybridized carbons (Fsp3) is 0.154. The molecule has 0 amide bonds. The molecule has 0 saturated carbocycles. The van der Waals surface area contributed by atoms with Gasteiger partial charge in [0.25, 0.3) is 0 Å². The van der Waals surface area contributed by atoms with Crippen LogP contribution in [0.15, 0.2) is 36.4 Å². The van der Waals surface area contributed by atoms with Gasteiger partial charge in [0.05, 0.1) is 5.69 Å². The molecule has 98 valence electrons. The lowest BCUT2D eigenvalue weighted by molar-refractivity contribution is -0.0493. The van der Waals surface area contributed by atoms with Crippen LogP contribution in [-0.2, 0) is 6.54 Å². The number of para-hydroxylation sites is 2. The number of alkyl halides is 2. The number of thiophene rings is 1. The average molecular weight is 280 g/mol. The maximum Gasteiger partial charge on any atom is 0.387 e. The maximum absolute atomic E-state index is 12.2. The van der Waals surface area contributed by atoms with Crippen molar-refractivity contribution in [1.29, 1.82) is 5.26 Å². The van der Waals surface area contributed by atoms with Crippen molar-refractivity contribution < 1.29 is 13.5 Å². The second-order valence-corrected chi connectivity index (χ2v) is 4.77. The summed E-state index contributed by atoms with van der Waals surface area (Å²) < 4.78 is 28.9. The summed E-state index contributed by atoms with van der Waals surface area (Å²) >= 11 is 1.36. The molecule has 0 aliphatic carbocycles. The molecule has 0 aliphatic heterocycles. The molecule has 0 atom stereocenters. The minimum atomic E-state index is -2.85. The second-order valence-electron chi connectivity index (χ2n) is 3.61. The van der Waals surface area contributed by atoms with Gasteiger partial charge in [0.15, 0.2) is 0 Å². The zero-order valence-corrected chi connectivity index (χ0v) is 10.6. The maximum atomic E-state index is 12.2. The largest absolute Gasteiger partial charge is 0.433 e. The van der Waals surface area contributed by atoms with Gasteiger partial charge in [-0.15, -0.1) is 11.3 Å². The zero-order valence-electron chi connectivity index (χ0n) is 9.77. The molecule has 0 unspecified atom stereocenters. The Morgan fingerprint density at radius 2 is 2.05 bits per heavy atom. The van der Waals surface area contributed by atoms with E-state index < -0.39 is 6.61 Å². The Kier molecular flexibility index (Phi) is 4.31. The van der Waals surface area contributed by atoms with Crippen molar-refractivity contribution in [3.05, 3.63) is 46.2 Å². The molecule has 1 aromatic carbocycles. The number of nitriles is 1. The SMILES string of the molecule is N#Cc1ccc(CNc2ccccc2OC(F)F)s1. The molecular weight excluding hydrogens is 270 g/mol. The van der Waals surface area contributed by atoms with Gasteiger partial charge in [0.2, 0.25) is 0 Å². The van der Waals surface area contributed by atoms with Crippen LogP contribution in [0, 0.1) is 11.3 Å². The summed E-state index contributed by atoms with van der Waals surface area (Å²) in [6.07, 6.45) is 0. The van der Waals surface area contributed by atoms with Crippen LogP contribution < -0.4 is 10.1 Å². The van der Waals surface area contributed by atoms with E-state index in [1.165, 1.54) is 17.4 Å². The third-order valence-electron chi connectivity index (χ3n) is 2.33. The summed E-state index contributed by atoms with van der Waals surface area (Å²) in [4.78, 5) is 1.57. The van der Waals surface area contributed by atoms with Crippen LogP contribution in [0.5, 0.6) is 5.75 Å². The molecule has 6 heteroatoms. The lowest BCUT2D eigenvalue weighted by Crippen LogP contribution is -2.06. The monoisotopic (exact) mass is 280 g/mol.